The summed E-state index contributed by atoms with van der Waals surface area (Å²) in [4.78, 5) is 43.1. The number of hydrogen-bond acceptors (Lipinski definition) is 5. The van der Waals surface area contributed by atoms with Gasteiger partial charge in [0.15, 0.2) is 0 Å². The van der Waals surface area contributed by atoms with E-state index in [9.17, 15) is 14.4 Å². The van der Waals surface area contributed by atoms with Gasteiger partial charge in [-0.1, -0.05) is 48.5 Å². The fourth-order valence-corrected chi connectivity index (χ4v) is 4.14. The molecule has 0 spiro atoms. The van der Waals surface area contributed by atoms with Crippen molar-refractivity contribution in [1.82, 2.24) is 10.3 Å². The van der Waals surface area contributed by atoms with Gasteiger partial charge in [0.25, 0.3) is 11.8 Å². The summed E-state index contributed by atoms with van der Waals surface area (Å²) in [5, 5.41) is 8.34. The third kappa shape index (κ3) is 7.65. The van der Waals surface area contributed by atoms with E-state index in [0.717, 1.165) is 16.0 Å². The van der Waals surface area contributed by atoms with Gasteiger partial charge in [-0.2, -0.15) is 0 Å². The lowest BCUT2D eigenvalue weighted by atomic mass is 10.1. The number of pyridine rings is 1. The monoisotopic (exact) mass is 522 g/mol. The molecule has 0 aliphatic carbocycles. The Labute approximate surface area is 225 Å². The van der Waals surface area contributed by atoms with E-state index in [4.69, 9.17) is 0 Å². The Balaban J connectivity index is 1.42. The molecule has 38 heavy (non-hydrogen) atoms. The zero-order valence-electron chi connectivity index (χ0n) is 20.7. The summed E-state index contributed by atoms with van der Waals surface area (Å²) >= 11 is 1.37. The van der Waals surface area contributed by atoms with Crippen LogP contribution in [0.3, 0.4) is 0 Å². The van der Waals surface area contributed by atoms with Crippen LogP contribution in [-0.4, -0.2) is 28.5 Å². The van der Waals surface area contributed by atoms with Crippen molar-refractivity contribution in [2.24, 2.45) is 0 Å². The Bertz CT molecular complexity index is 1440. The molecule has 4 rings (SSSR count). The minimum atomic E-state index is -0.451. The maximum absolute atomic E-state index is 13.2. The van der Waals surface area contributed by atoms with Gasteiger partial charge in [-0.15, -0.1) is 11.8 Å². The lowest BCUT2D eigenvalue weighted by Gasteiger charge is -2.12. The summed E-state index contributed by atoms with van der Waals surface area (Å²) in [6.07, 6.45) is 3.28. The Morgan fingerprint density at radius 1 is 0.816 bits per heavy atom. The van der Waals surface area contributed by atoms with Crippen LogP contribution in [0.15, 0.2) is 114 Å². The Kier molecular flexibility index (Phi) is 9.04. The van der Waals surface area contributed by atoms with Crippen LogP contribution in [0.4, 0.5) is 11.5 Å². The molecule has 7 nitrogen and oxygen atoms in total. The van der Waals surface area contributed by atoms with Gasteiger partial charge in [-0.3, -0.25) is 14.4 Å². The predicted octanol–water partition coefficient (Wildman–Crippen LogP) is 5.53. The molecule has 0 atom stereocenters. The first-order valence-corrected chi connectivity index (χ1v) is 12.9. The molecule has 0 saturated heterocycles. The third-order valence-corrected chi connectivity index (χ3v) is 6.44. The van der Waals surface area contributed by atoms with Gasteiger partial charge in [-0.05, 0) is 72.7 Å². The SMILES string of the molecule is Cc1ccccc1/C=C(\NC(=O)c1ccccc1)C(=O)Nc1ccc(SCC(=O)Nc2ccccn2)cc1. The first kappa shape index (κ1) is 26.4. The second-order valence-corrected chi connectivity index (χ2v) is 9.31. The molecule has 0 bridgehead atoms. The van der Waals surface area contributed by atoms with Crippen LogP contribution < -0.4 is 16.0 Å². The van der Waals surface area contributed by atoms with E-state index < -0.39 is 5.91 Å². The van der Waals surface area contributed by atoms with Gasteiger partial charge < -0.3 is 16.0 Å². The van der Waals surface area contributed by atoms with E-state index in [1.807, 2.05) is 49.4 Å². The molecule has 4 aromatic rings. The smallest absolute Gasteiger partial charge is 0.272 e. The molecule has 3 amide bonds. The van der Waals surface area contributed by atoms with Crippen molar-refractivity contribution in [3.8, 4) is 0 Å². The largest absolute Gasteiger partial charge is 0.321 e. The number of carbonyl (C=O) groups excluding carboxylic acids is 3. The third-order valence-electron chi connectivity index (χ3n) is 5.43. The average molecular weight is 523 g/mol. The number of nitrogens with one attached hydrogen (secondary N) is 3. The molecule has 190 valence electrons. The van der Waals surface area contributed by atoms with Crippen LogP contribution in [0.25, 0.3) is 6.08 Å². The number of benzene rings is 3. The minimum Gasteiger partial charge on any atom is -0.321 e. The maximum Gasteiger partial charge on any atom is 0.272 e. The highest BCUT2D eigenvalue weighted by Crippen LogP contribution is 2.21. The molecule has 0 unspecified atom stereocenters. The normalized spacial score (nSPS) is 10.9. The molecule has 8 heteroatoms. The van der Waals surface area contributed by atoms with E-state index in [-0.39, 0.29) is 23.3 Å². The van der Waals surface area contributed by atoms with Crippen LogP contribution in [0, 0.1) is 6.92 Å². The predicted molar refractivity (Wildman–Crippen MR) is 152 cm³/mol. The fourth-order valence-electron chi connectivity index (χ4n) is 3.44. The summed E-state index contributed by atoms with van der Waals surface area (Å²) in [6, 6.07) is 28.8. The number of nitrogens with zero attached hydrogens (tertiary/aromatic N) is 1. The molecular formula is C30H26N4O3S. The summed E-state index contributed by atoms with van der Waals surface area (Å²) in [5.74, 6) is -0.266. The van der Waals surface area contributed by atoms with Gasteiger partial charge in [0.2, 0.25) is 5.91 Å². The van der Waals surface area contributed by atoms with Crippen molar-refractivity contribution in [2.75, 3.05) is 16.4 Å². The standard InChI is InChI=1S/C30H26N4O3S/c1-21-9-5-6-12-23(21)19-26(33-29(36)22-10-3-2-4-11-22)30(37)32-24-14-16-25(17-15-24)38-20-28(35)34-27-13-7-8-18-31-27/h2-19H,20H2,1H3,(H,32,37)(H,33,36)(H,31,34,35)/b26-19-. The van der Waals surface area contributed by atoms with E-state index >= 15 is 0 Å². The zero-order chi connectivity index (χ0) is 26.7. The molecule has 0 saturated carbocycles. The van der Waals surface area contributed by atoms with Crippen molar-refractivity contribution >= 4 is 47.1 Å². The minimum absolute atomic E-state index is 0.123. The van der Waals surface area contributed by atoms with Crippen molar-refractivity contribution in [3.63, 3.8) is 0 Å². The van der Waals surface area contributed by atoms with Crippen molar-refractivity contribution in [2.45, 2.75) is 11.8 Å². The number of thioether (sulfide) groups is 1. The van der Waals surface area contributed by atoms with E-state index in [1.54, 1.807) is 66.9 Å². The number of aromatic nitrogens is 1. The highest BCUT2D eigenvalue weighted by Gasteiger charge is 2.15. The number of hydrogen-bond donors (Lipinski definition) is 3. The highest BCUT2D eigenvalue weighted by molar-refractivity contribution is 8.00. The van der Waals surface area contributed by atoms with Crippen LogP contribution in [-0.2, 0) is 9.59 Å². The molecule has 3 N–H and O–H groups in total. The van der Waals surface area contributed by atoms with E-state index in [1.165, 1.54) is 11.8 Å². The molecule has 1 heterocycles. The number of amides is 3. The molecule has 3 aromatic carbocycles. The average Bonchev–Trinajstić information content (AvgIpc) is 2.94. The molecule has 0 aliphatic heterocycles. The van der Waals surface area contributed by atoms with Crippen molar-refractivity contribution in [1.29, 1.82) is 0 Å². The number of carbonyl (C=O) groups is 3. The van der Waals surface area contributed by atoms with Crippen LogP contribution in [0.2, 0.25) is 0 Å². The summed E-state index contributed by atoms with van der Waals surface area (Å²) in [7, 11) is 0. The number of aryl methyl sites for hydroxylation is 1. The van der Waals surface area contributed by atoms with Crippen molar-refractivity contribution in [3.05, 3.63) is 126 Å². The van der Waals surface area contributed by atoms with Crippen molar-refractivity contribution < 1.29 is 14.4 Å². The zero-order valence-corrected chi connectivity index (χ0v) is 21.5. The second kappa shape index (κ2) is 13.0. The number of anilines is 2. The summed E-state index contributed by atoms with van der Waals surface area (Å²) in [5.41, 5.74) is 2.92. The highest BCUT2D eigenvalue weighted by atomic mass is 32.2. The van der Waals surface area contributed by atoms with Gasteiger partial charge in [-0.25, -0.2) is 4.98 Å². The molecule has 0 radical (unpaired) electrons. The summed E-state index contributed by atoms with van der Waals surface area (Å²) in [6.45, 7) is 1.94. The van der Waals surface area contributed by atoms with Gasteiger partial charge in [0.05, 0.1) is 5.75 Å². The quantitative estimate of drug-likeness (QED) is 0.198. The van der Waals surface area contributed by atoms with Gasteiger partial charge in [0.1, 0.15) is 11.5 Å². The Morgan fingerprint density at radius 3 is 2.24 bits per heavy atom. The van der Waals surface area contributed by atoms with Crippen LogP contribution >= 0.6 is 11.8 Å². The Morgan fingerprint density at radius 2 is 1.53 bits per heavy atom. The summed E-state index contributed by atoms with van der Waals surface area (Å²) < 4.78 is 0. The van der Waals surface area contributed by atoms with Gasteiger partial charge >= 0.3 is 0 Å². The fraction of sp³-hybridized carbons (Fsp3) is 0.0667. The first-order valence-electron chi connectivity index (χ1n) is 11.9. The maximum atomic E-state index is 13.2. The molecule has 1 aromatic heterocycles. The molecule has 0 aliphatic rings. The molecular weight excluding hydrogens is 496 g/mol. The molecule has 0 fully saturated rings. The van der Waals surface area contributed by atoms with Crippen LogP contribution in [0.5, 0.6) is 0 Å². The topological polar surface area (TPSA) is 100 Å². The lowest BCUT2D eigenvalue weighted by Crippen LogP contribution is -2.30. The van der Waals surface area contributed by atoms with E-state index in [2.05, 4.69) is 20.9 Å². The van der Waals surface area contributed by atoms with E-state index in [0.29, 0.717) is 17.1 Å². The number of rotatable bonds is 9. The second-order valence-electron chi connectivity index (χ2n) is 8.27. The Hall–Kier alpha value is -4.69. The lowest BCUT2D eigenvalue weighted by molar-refractivity contribution is -0.114. The van der Waals surface area contributed by atoms with Gasteiger partial charge in [0, 0.05) is 22.3 Å². The van der Waals surface area contributed by atoms with Crippen LogP contribution in [0.1, 0.15) is 21.5 Å². The first-order chi connectivity index (χ1) is 18.5.